The number of halogens is 3. The fraction of sp³-hybridized carbons (Fsp3) is 0.214. The Morgan fingerprint density at radius 2 is 1.91 bits per heavy atom. The first-order valence-electron chi connectivity index (χ1n) is 6.62. The van der Waals surface area contributed by atoms with Gasteiger partial charge in [0.05, 0.1) is 12.0 Å². The number of hydrogen-bond acceptors (Lipinski definition) is 3. The fourth-order valence-corrected chi connectivity index (χ4v) is 2.40. The summed E-state index contributed by atoms with van der Waals surface area (Å²) in [5, 5.41) is 1.93. The Kier molecular flexibility index (Phi) is 3.55. The van der Waals surface area contributed by atoms with E-state index >= 15 is 0 Å². The molecule has 2 aromatic rings. The highest BCUT2D eigenvalue weighted by Crippen LogP contribution is 2.40. The van der Waals surface area contributed by atoms with Gasteiger partial charge in [-0.25, -0.2) is 9.78 Å². The second kappa shape index (κ2) is 5.41. The summed E-state index contributed by atoms with van der Waals surface area (Å²) in [6, 6.07) is 3.90. The number of urea groups is 1. The van der Waals surface area contributed by atoms with E-state index < -0.39 is 23.8 Å². The molecule has 1 aromatic heterocycles. The van der Waals surface area contributed by atoms with E-state index in [9.17, 15) is 22.8 Å². The van der Waals surface area contributed by atoms with Crippen LogP contribution < -0.4 is 15.8 Å². The van der Waals surface area contributed by atoms with Crippen LogP contribution in [0.5, 0.6) is 0 Å². The maximum absolute atomic E-state index is 13.1. The minimum Gasteiger partial charge on any atom is -0.322 e. The van der Waals surface area contributed by atoms with Crippen LogP contribution in [0.4, 0.5) is 23.7 Å². The predicted octanol–water partition coefficient (Wildman–Crippen LogP) is 2.03. The third-order valence-corrected chi connectivity index (χ3v) is 3.46. The van der Waals surface area contributed by atoms with E-state index in [2.05, 4.69) is 4.98 Å². The Labute approximate surface area is 128 Å². The molecular weight excluding hydrogens is 313 g/mol. The minimum atomic E-state index is -4.61. The van der Waals surface area contributed by atoms with Gasteiger partial charge < -0.3 is 5.32 Å². The van der Waals surface area contributed by atoms with Gasteiger partial charge in [-0.2, -0.15) is 13.2 Å². The monoisotopic (exact) mass is 324 g/mol. The van der Waals surface area contributed by atoms with E-state index in [0.29, 0.717) is 0 Å². The largest absolute Gasteiger partial charge is 0.413 e. The number of amides is 2. The second-order valence-corrected chi connectivity index (χ2v) is 4.94. The highest BCUT2D eigenvalue weighted by molar-refractivity contribution is 5.95. The van der Waals surface area contributed by atoms with E-state index in [1.165, 1.54) is 42.9 Å². The van der Waals surface area contributed by atoms with Crippen LogP contribution in [-0.4, -0.2) is 21.8 Å². The van der Waals surface area contributed by atoms with Gasteiger partial charge in [0.1, 0.15) is 6.67 Å². The van der Waals surface area contributed by atoms with Gasteiger partial charge in [-0.1, -0.05) is 18.2 Å². The zero-order chi connectivity index (χ0) is 16.6. The number of aromatic nitrogens is 2. The number of carbonyl (C=O) groups excluding carboxylic acids is 1. The van der Waals surface area contributed by atoms with E-state index in [0.717, 1.165) is 9.47 Å². The molecule has 0 aliphatic carbocycles. The number of fused-ring (bicyclic) bond motifs is 1. The molecule has 2 heterocycles. The quantitative estimate of drug-likeness (QED) is 0.919. The highest BCUT2D eigenvalue weighted by atomic mass is 19.4. The van der Waals surface area contributed by atoms with Crippen LogP contribution in [0.25, 0.3) is 0 Å². The zero-order valence-corrected chi connectivity index (χ0v) is 11.6. The number of para-hydroxylation sites is 1. The smallest absolute Gasteiger partial charge is 0.322 e. The van der Waals surface area contributed by atoms with E-state index in [4.69, 9.17) is 0 Å². The Morgan fingerprint density at radius 1 is 1.17 bits per heavy atom. The molecule has 0 fully saturated rings. The first kappa shape index (κ1) is 15.1. The average molecular weight is 324 g/mol. The van der Waals surface area contributed by atoms with E-state index in [1.807, 2.05) is 5.32 Å². The first-order chi connectivity index (χ1) is 10.9. The molecule has 1 aliphatic rings. The molecule has 1 unspecified atom stereocenters. The van der Waals surface area contributed by atoms with Crippen LogP contribution in [0.2, 0.25) is 0 Å². The van der Waals surface area contributed by atoms with Crippen molar-refractivity contribution in [1.82, 2.24) is 14.9 Å². The van der Waals surface area contributed by atoms with Crippen molar-refractivity contribution in [3.05, 3.63) is 58.8 Å². The molecule has 1 aliphatic heterocycles. The summed E-state index contributed by atoms with van der Waals surface area (Å²) in [6.45, 7) is -0.236. The zero-order valence-electron chi connectivity index (χ0n) is 11.6. The summed E-state index contributed by atoms with van der Waals surface area (Å²) in [7, 11) is 0. The average Bonchev–Trinajstić information content (AvgIpc) is 2.50. The Bertz CT molecular complexity index is 803. The van der Waals surface area contributed by atoms with Crippen LogP contribution in [0, 0.1) is 0 Å². The Balaban J connectivity index is 2.03. The number of benzene rings is 1. The van der Waals surface area contributed by atoms with Crippen LogP contribution in [0.3, 0.4) is 0 Å². The van der Waals surface area contributed by atoms with Gasteiger partial charge in [0.25, 0.3) is 5.56 Å². The van der Waals surface area contributed by atoms with Crippen molar-refractivity contribution in [2.24, 2.45) is 0 Å². The van der Waals surface area contributed by atoms with Crippen molar-refractivity contribution >= 4 is 11.7 Å². The summed E-state index contributed by atoms with van der Waals surface area (Å²) < 4.78 is 40.5. The van der Waals surface area contributed by atoms with Gasteiger partial charge in [-0.15, -0.1) is 0 Å². The standard InChI is InChI=1S/C14H11F3N4O2/c15-14(16,17)12-9-3-1-2-4-10(9)21(13(23)19-12)8-20-7-18-6-5-11(20)22/h1-7,12H,8H2,(H,19,23). The van der Waals surface area contributed by atoms with Gasteiger partial charge in [0, 0.05) is 17.8 Å². The maximum atomic E-state index is 13.1. The van der Waals surface area contributed by atoms with Crippen LogP contribution in [0.15, 0.2) is 47.7 Å². The molecule has 0 bridgehead atoms. The molecule has 0 spiro atoms. The van der Waals surface area contributed by atoms with Gasteiger partial charge in [0.15, 0.2) is 6.04 Å². The molecule has 1 atom stereocenters. The van der Waals surface area contributed by atoms with E-state index in [-0.39, 0.29) is 17.9 Å². The summed E-state index contributed by atoms with van der Waals surface area (Å²) in [6.07, 6.45) is -2.10. The molecule has 6 nitrogen and oxygen atoms in total. The first-order valence-corrected chi connectivity index (χ1v) is 6.62. The minimum absolute atomic E-state index is 0.0726. The highest BCUT2D eigenvalue weighted by Gasteiger charge is 2.46. The number of anilines is 1. The topological polar surface area (TPSA) is 67.2 Å². The van der Waals surface area contributed by atoms with Crippen molar-refractivity contribution in [2.45, 2.75) is 18.9 Å². The number of nitrogens with zero attached hydrogens (tertiary/aromatic N) is 3. The molecule has 3 rings (SSSR count). The molecular formula is C14H11F3N4O2. The summed E-state index contributed by atoms with van der Waals surface area (Å²) in [4.78, 5) is 28.7. The van der Waals surface area contributed by atoms with Gasteiger partial charge in [-0.05, 0) is 6.07 Å². The van der Waals surface area contributed by atoms with Gasteiger partial charge in [0.2, 0.25) is 0 Å². The van der Waals surface area contributed by atoms with Crippen molar-refractivity contribution in [3.63, 3.8) is 0 Å². The predicted molar refractivity (Wildman–Crippen MR) is 74.7 cm³/mol. The van der Waals surface area contributed by atoms with Gasteiger partial charge in [-0.3, -0.25) is 14.3 Å². The lowest BCUT2D eigenvalue weighted by atomic mass is 10.0. The van der Waals surface area contributed by atoms with Gasteiger partial charge >= 0.3 is 12.2 Å². The Morgan fingerprint density at radius 3 is 2.61 bits per heavy atom. The number of carbonyl (C=O) groups is 1. The maximum Gasteiger partial charge on any atom is 0.413 e. The van der Waals surface area contributed by atoms with Crippen LogP contribution in [0.1, 0.15) is 11.6 Å². The number of nitrogens with one attached hydrogen (secondary N) is 1. The van der Waals surface area contributed by atoms with Crippen LogP contribution in [-0.2, 0) is 6.67 Å². The normalized spacial score (nSPS) is 17.6. The molecule has 120 valence electrons. The lowest BCUT2D eigenvalue weighted by Crippen LogP contribution is -2.51. The third-order valence-electron chi connectivity index (χ3n) is 3.46. The van der Waals surface area contributed by atoms with Crippen LogP contribution >= 0.6 is 0 Å². The molecule has 0 saturated carbocycles. The summed E-state index contributed by atoms with van der Waals surface area (Å²) in [5.74, 6) is 0. The Hall–Kier alpha value is -2.84. The summed E-state index contributed by atoms with van der Waals surface area (Å²) in [5.41, 5.74) is -0.380. The number of alkyl halides is 3. The number of hydrogen-bond donors (Lipinski definition) is 1. The lowest BCUT2D eigenvalue weighted by Gasteiger charge is -2.35. The van der Waals surface area contributed by atoms with E-state index in [1.54, 1.807) is 0 Å². The molecule has 0 saturated heterocycles. The molecule has 1 aromatic carbocycles. The second-order valence-electron chi connectivity index (χ2n) is 4.94. The third kappa shape index (κ3) is 2.77. The van der Waals surface area contributed by atoms with Crippen molar-refractivity contribution in [1.29, 1.82) is 0 Å². The summed E-state index contributed by atoms with van der Waals surface area (Å²) >= 11 is 0. The molecule has 9 heteroatoms. The SMILES string of the molecule is O=C1NC(C(F)(F)F)c2ccccc2N1Cn1cnccc1=O. The molecule has 23 heavy (non-hydrogen) atoms. The fourth-order valence-electron chi connectivity index (χ4n) is 2.40. The van der Waals surface area contributed by atoms with Crippen molar-refractivity contribution in [2.75, 3.05) is 4.90 Å². The number of rotatable bonds is 2. The lowest BCUT2D eigenvalue weighted by molar-refractivity contribution is -0.155. The molecule has 1 N–H and O–H groups in total. The van der Waals surface area contributed by atoms with Crippen molar-refractivity contribution < 1.29 is 18.0 Å². The van der Waals surface area contributed by atoms with Crippen molar-refractivity contribution in [3.8, 4) is 0 Å². The molecule has 0 radical (unpaired) electrons. The molecule has 2 amide bonds.